The number of hydrogen-bond acceptors (Lipinski definition) is 6. The highest BCUT2D eigenvalue weighted by Gasteiger charge is 2.09. The Kier molecular flexibility index (Phi) is 5.35. The van der Waals surface area contributed by atoms with Gasteiger partial charge in [0.15, 0.2) is 0 Å². The molecule has 0 amide bonds. The van der Waals surface area contributed by atoms with Crippen molar-refractivity contribution in [1.82, 2.24) is 19.6 Å². The SMILES string of the molecule is COc1ccc(Cl)cc1NCc1cc(=O)n2[nH]c(NCc3ccccc3)nc2n1. The van der Waals surface area contributed by atoms with Crippen LogP contribution >= 0.6 is 11.6 Å². The lowest BCUT2D eigenvalue weighted by Gasteiger charge is -2.11. The van der Waals surface area contributed by atoms with Gasteiger partial charge in [-0.1, -0.05) is 41.9 Å². The van der Waals surface area contributed by atoms with Crippen LogP contribution in [0.25, 0.3) is 5.78 Å². The summed E-state index contributed by atoms with van der Waals surface area (Å²) in [7, 11) is 1.58. The number of aromatic nitrogens is 4. The Hall–Kier alpha value is -3.52. The molecule has 0 spiro atoms. The number of hydrogen-bond donors (Lipinski definition) is 3. The minimum Gasteiger partial charge on any atom is -0.495 e. The average Bonchev–Trinajstić information content (AvgIpc) is 3.15. The molecule has 4 aromatic rings. The summed E-state index contributed by atoms with van der Waals surface area (Å²) < 4.78 is 6.62. The monoisotopic (exact) mass is 410 g/mol. The van der Waals surface area contributed by atoms with Gasteiger partial charge < -0.3 is 15.4 Å². The number of nitrogens with one attached hydrogen (secondary N) is 3. The Bertz CT molecular complexity index is 1190. The quantitative estimate of drug-likeness (QED) is 0.432. The van der Waals surface area contributed by atoms with Crippen LogP contribution in [0.1, 0.15) is 11.3 Å². The molecule has 9 heteroatoms. The zero-order valence-corrected chi connectivity index (χ0v) is 16.4. The van der Waals surface area contributed by atoms with Gasteiger partial charge >= 0.3 is 0 Å². The number of H-pyrrole nitrogens is 1. The van der Waals surface area contributed by atoms with E-state index in [0.717, 1.165) is 5.56 Å². The van der Waals surface area contributed by atoms with Crippen molar-refractivity contribution in [2.24, 2.45) is 0 Å². The van der Waals surface area contributed by atoms with Gasteiger partial charge in [-0.15, -0.1) is 0 Å². The molecule has 0 radical (unpaired) electrons. The molecule has 0 unspecified atom stereocenters. The Balaban J connectivity index is 1.51. The van der Waals surface area contributed by atoms with Gasteiger partial charge in [-0.25, -0.2) is 4.98 Å². The van der Waals surface area contributed by atoms with Gasteiger partial charge in [0.2, 0.25) is 5.95 Å². The summed E-state index contributed by atoms with van der Waals surface area (Å²) in [6.45, 7) is 0.903. The number of rotatable bonds is 7. The van der Waals surface area contributed by atoms with Crippen molar-refractivity contribution in [2.45, 2.75) is 13.1 Å². The first kappa shape index (κ1) is 18.8. The second-order valence-electron chi connectivity index (χ2n) is 6.33. The normalized spacial score (nSPS) is 10.8. The van der Waals surface area contributed by atoms with Gasteiger partial charge in [0, 0.05) is 17.6 Å². The van der Waals surface area contributed by atoms with Crippen molar-refractivity contribution < 1.29 is 4.74 Å². The second-order valence-corrected chi connectivity index (χ2v) is 6.77. The van der Waals surface area contributed by atoms with E-state index < -0.39 is 0 Å². The van der Waals surface area contributed by atoms with Crippen molar-refractivity contribution in [1.29, 1.82) is 0 Å². The highest BCUT2D eigenvalue weighted by atomic mass is 35.5. The summed E-state index contributed by atoms with van der Waals surface area (Å²) in [4.78, 5) is 21.2. The zero-order chi connectivity index (χ0) is 20.2. The van der Waals surface area contributed by atoms with E-state index in [1.807, 2.05) is 30.3 Å². The van der Waals surface area contributed by atoms with E-state index in [4.69, 9.17) is 16.3 Å². The maximum absolute atomic E-state index is 12.4. The van der Waals surface area contributed by atoms with Gasteiger partial charge in [-0.05, 0) is 23.8 Å². The molecule has 2 heterocycles. The first-order chi connectivity index (χ1) is 14.1. The molecule has 0 aliphatic carbocycles. The van der Waals surface area contributed by atoms with Gasteiger partial charge in [0.25, 0.3) is 11.3 Å². The molecule has 0 atom stereocenters. The van der Waals surface area contributed by atoms with Crippen molar-refractivity contribution in [3.8, 4) is 5.75 Å². The fourth-order valence-electron chi connectivity index (χ4n) is 2.88. The third-order valence-corrected chi connectivity index (χ3v) is 4.54. The molecule has 0 saturated heterocycles. The molecule has 0 aliphatic heterocycles. The van der Waals surface area contributed by atoms with E-state index >= 15 is 0 Å². The minimum absolute atomic E-state index is 0.245. The van der Waals surface area contributed by atoms with Gasteiger partial charge in [0.1, 0.15) is 5.75 Å². The molecule has 0 bridgehead atoms. The lowest BCUT2D eigenvalue weighted by atomic mass is 10.2. The van der Waals surface area contributed by atoms with Crippen molar-refractivity contribution in [3.05, 3.63) is 81.2 Å². The number of methoxy groups -OCH3 is 1. The van der Waals surface area contributed by atoms with E-state index in [2.05, 4.69) is 25.7 Å². The second kappa shape index (κ2) is 8.24. The molecule has 4 rings (SSSR count). The van der Waals surface area contributed by atoms with Crippen LogP contribution in [0.2, 0.25) is 5.02 Å². The van der Waals surface area contributed by atoms with Crippen LogP contribution in [0, 0.1) is 0 Å². The number of ether oxygens (including phenoxy) is 1. The van der Waals surface area contributed by atoms with Gasteiger partial charge in [-0.2, -0.15) is 9.50 Å². The van der Waals surface area contributed by atoms with Crippen LogP contribution in [0.15, 0.2) is 59.4 Å². The smallest absolute Gasteiger partial charge is 0.274 e. The molecule has 29 heavy (non-hydrogen) atoms. The van der Waals surface area contributed by atoms with Crippen molar-refractivity contribution in [2.75, 3.05) is 17.7 Å². The highest BCUT2D eigenvalue weighted by molar-refractivity contribution is 6.30. The Morgan fingerprint density at radius 3 is 2.69 bits per heavy atom. The summed E-state index contributed by atoms with van der Waals surface area (Å²) in [5, 5.41) is 9.86. The number of benzene rings is 2. The third-order valence-electron chi connectivity index (χ3n) is 4.31. The van der Waals surface area contributed by atoms with Crippen LogP contribution in [0.3, 0.4) is 0 Å². The summed E-state index contributed by atoms with van der Waals surface area (Å²) >= 11 is 6.05. The maximum atomic E-state index is 12.4. The number of anilines is 2. The van der Waals surface area contributed by atoms with Gasteiger partial charge in [-0.3, -0.25) is 9.89 Å². The first-order valence-electron chi connectivity index (χ1n) is 8.96. The largest absolute Gasteiger partial charge is 0.495 e. The summed E-state index contributed by atoms with van der Waals surface area (Å²) in [5.74, 6) is 1.42. The summed E-state index contributed by atoms with van der Waals surface area (Å²) in [5.41, 5.74) is 2.13. The first-order valence-corrected chi connectivity index (χ1v) is 9.34. The van der Waals surface area contributed by atoms with E-state index in [9.17, 15) is 4.79 Å². The molecule has 148 valence electrons. The average molecular weight is 411 g/mol. The number of fused-ring (bicyclic) bond motifs is 1. The molecular formula is C20H19ClN6O2. The van der Waals surface area contributed by atoms with Gasteiger partial charge in [0.05, 0.1) is 25.0 Å². The van der Waals surface area contributed by atoms with Crippen LogP contribution in [-0.4, -0.2) is 26.7 Å². The highest BCUT2D eigenvalue weighted by Crippen LogP contribution is 2.27. The lowest BCUT2D eigenvalue weighted by molar-refractivity contribution is 0.416. The van der Waals surface area contributed by atoms with Crippen LogP contribution < -0.4 is 20.9 Å². The van der Waals surface area contributed by atoms with E-state index in [1.54, 1.807) is 25.3 Å². The predicted molar refractivity (Wildman–Crippen MR) is 113 cm³/mol. The molecule has 0 saturated carbocycles. The number of halogens is 1. The maximum Gasteiger partial charge on any atom is 0.274 e. The fraction of sp³-hybridized carbons (Fsp3) is 0.150. The molecule has 3 N–H and O–H groups in total. The van der Waals surface area contributed by atoms with Crippen LogP contribution in [0.5, 0.6) is 5.75 Å². The van der Waals surface area contributed by atoms with Crippen LogP contribution in [0.4, 0.5) is 11.6 Å². The van der Waals surface area contributed by atoms with Crippen LogP contribution in [-0.2, 0) is 13.1 Å². The number of aromatic amines is 1. The fourth-order valence-corrected chi connectivity index (χ4v) is 3.05. The minimum atomic E-state index is -0.245. The molecule has 0 aliphatic rings. The zero-order valence-electron chi connectivity index (χ0n) is 15.6. The van der Waals surface area contributed by atoms with E-state index in [1.165, 1.54) is 10.6 Å². The van der Waals surface area contributed by atoms with E-state index in [0.29, 0.717) is 47.0 Å². The Morgan fingerprint density at radius 1 is 1.07 bits per heavy atom. The third kappa shape index (κ3) is 4.33. The lowest BCUT2D eigenvalue weighted by Crippen LogP contribution is -2.17. The Labute approximate surface area is 171 Å². The number of nitrogens with zero attached hydrogens (tertiary/aromatic N) is 3. The van der Waals surface area contributed by atoms with Crippen molar-refractivity contribution in [3.63, 3.8) is 0 Å². The molecule has 2 aromatic heterocycles. The predicted octanol–water partition coefficient (Wildman–Crippen LogP) is 3.30. The molecule has 2 aromatic carbocycles. The van der Waals surface area contributed by atoms with E-state index in [-0.39, 0.29) is 5.56 Å². The molecule has 0 fully saturated rings. The molecule has 8 nitrogen and oxygen atoms in total. The Morgan fingerprint density at radius 2 is 1.90 bits per heavy atom. The summed E-state index contributed by atoms with van der Waals surface area (Å²) in [6.07, 6.45) is 0. The summed E-state index contributed by atoms with van der Waals surface area (Å²) in [6, 6.07) is 16.6. The van der Waals surface area contributed by atoms with Crippen molar-refractivity contribution >= 4 is 29.0 Å². The standard InChI is InChI=1S/C20H19ClN6O2/c1-29-17-8-7-14(21)9-16(17)22-12-15-10-18(28)27-20(24-15)25-19(26-27)23-11-13-5-3-2-4-6-13/h2-10,22H,11-12H2,1H3,(H2,23,24,25,26). The topological polar surface area (TPSA) is 96.3 Å². The molecular weight excluding hydrogens is 392 g/mol.